The molecule has 0 nitrogen and oxygen atoms in total. The molecule has 0 heteroatoms. The minimum absolute atomic E-state index is 1.21. The van der Waals surface area contributed by atoms with Gasteiger partial charge in [0.2, 0.25) is 0 Å². The lowest BCUT2D eigenvalue weighted by atomic mass is 9.85. The molecule has 0 bridgehead atoms. The molecule has 0 saturated carbocycles. The Bertz CT molecular complexity index is 3220. The second kappa shape index (κ2) is 14.2. The highest BCUT2D eigenvalue weighted by Gasteiger charge is 2.17. The van der Waals surface area contributed by atoms with Crippen LogP contribution in [-0.4, -0.2) is 0 Å². The maximum atomic E-state index is 2.37. The first-order valence-corrected chi connectivity index (χ1v) is 20.1. The van der Waals surface area contributed by atoms with E-state index in [1.54, 1.807) is 0 Å². The van der Waals surface area contributed by atoms with Gasteiger partial charge in [-0.05, 0) is 122 Å². The molecule has 0 aromatic heterocycles. The summed E-state index contributed by atoms with van der Waals surface area (Å²) in [7, 11) is 0. The molecule has 0 N–H and O–H groups in total. The molecule has 0 unspecified atom stereocenters. The minimum atomic E-state index is 1.21. The summed E-state index contributed by atoms with van der Waals surface area (Å²) in [6.07, 6.45) is 0. The lowest BCUT2D eigenvalue weighted by Crippen LogP contribution is -1.91. The minimum Gasteiger partial charge on any atom is -0.0622 e. The Morgan fingerprint density at radius 3 is 1.14 bits per heavy atom. The van der Waals surface area contributed by atoms with Crippen molar-refractivity contribution in [2.24, 2.45) is 0 Å². The largest absolute Gasteiger partial charge is 0.0622 e. The van der Waals surface area contributed by atoms with Crippen LogP contribution in [0.1, 0.15) is 0 Å². The molecule has 0 atom stereocenters. The van der Waals surface area contributed by atoms with Crippen molar-refractivity contribution in [3.05, 3.63) is 231 Å². The zero-order valence-corrected chi connectivity index (χ0v) is 31.9. The Morgan fingerprint density at radius 2 is 0.569 bits per heavy atom. The summed E-state index contributed by atoms with van der Waals surface area (Å²) in [4.78, 5) is 0. The SMILES string of the molecule is c1ccc(-c2cccc3cc(-c4c5ccccc5c(-c5ccc(-c6ccc(-c7ccc(-c8ccc9ccccc9c8)cc7)cc6)cc5)c5ccccc45)ccc23)cc1. The van der Waals surface area contributed by atoms with Crippen LogP contribution >= 0.6 is 0 Å². The molecule has 58 heavy (non-hydrogen) atoms. The van der Waals surface area contributed by atoms with Gasteiger partial charge >= 0.3 is 0 Å². The van der Waals surface area contributed by atoms with Crippen molar-refractivity contribution in [2.45, 2.75) is 0 Å². The summed E-state index contributed by atoms with van der Waals surface area (Å²) in [5.41, 5.74) is 14.8. The quantitative estimate of drug-likeness (QED) is 0.149. The second-order valence-corrected chi connectivity index (χ2v) is 15.2. The van der Waals surface area contributed by atoms with E-state index in [4.69, 9.17) is 0 Å². The fraction of sp³-hybridized carbons (Fsp3) is 0. The van der Waals surface area contributed by atoms with Crippen LogP contribution in [0.5, 0.6) is 0 Å². The summed E-state index contributed by atoms with van der Waals surface area (Å²) < 4.78 is 0. The summed E-state index contributed by atoms with van der Waals surface area (Å²) in [6.45, 7) is 0. The van der Waals surface area contributed by atoms with Crippen molar-refractivity contribution in [2.75, 3.05) is 0 Å². The van der Waals surface area contributed by atoms with Gasteiger partial charge in [-0.25, -0.2) is 0 Å². The Kier molecular flexibility index (Phi) is 8.26. The first-order chi connectivity index (χ1) is 28.7. The van der Waals surface area contributed by atoms with Crippen LogP contribution in [0, 0.1) is 0 Å². The van der Waals surface area contributed by atoms with Crippen molar-refractivity contribution >= 4 is 43.1 Å². The smallest absolute Gasteiger partial charge is 0.00262 e. The lowest BCUT2D eigenvalue weighted by Gasteiger charge is -2.18. The molecular formula is C58H38. The van der Waals surface area contributed by atoms with Gasteiger partial charge in [-0.2, -0.15) is 0 Å². The zero-order valence-electron chi connectivity index (χ0n) is 31.9. The van der Waals surface area contributed by atoms with Crippen LogP contribution in [0.25, 0.3) is 110 Å². The van der Waals surface area contributed by atoms with Gasteiger partial charge in [0.25, 0.3) is 0 Å². The Balaban J connectivity index is 0.921. The van der Waals surface area contributed by atoms with E-state index in [9.17, 15) is 0 Å². The highest BCUT2D eigenvalue weighted by atomic mass is 14.2. The monoisotopic (exact) mass is 734 g/mol. The molecule has 0 amide bonds. The summed E-state index contributed by atoms with van der Waals surface area (Å²) in [5, 5.41) is 10.1. The molecule has 0 saturated heterocycles. The molecule has 11 aromatic carbocycles. The number of hydrogen-bond acceptors (Lipinski definition) is 0. The van der Waals surface area contributed by atoms with E-state index in [2.05, 4.69) is 231 Å². The predicted octanol–water partition coefficient (Wildman–Crippen LogP) is 16.3. The van der Waals surface area contributed by atoms with Gasteiger partial charge in [0.15, 0.2) is 0 Å². The van der Waals surface area contributed by atoms with Crippen LogP contribution in [0.4, 0.5) is 0 Å². The topological polar surface area (TPSA) is 0 Å². The third-order valence-electron chi connectivity index (χ3n) is 11.9. The molecule has 0 radical (unpaired) electrons. The predicted molar refractivity (Wildman–Crippen MR) is 249 cm³/mol. The van der Waals surface area contributed by atoms with Gasteiger partial charge in [0.1, 0.15) is 0 Å². The average Bonchev–Trinajstić information content (AvgIpc) is 3.30. The van der Waals surface area contributed by atoms with Gasteiger partial charge < -0.3 is 0 Å². The van der Waals surface area contributed by atoms with E-state index in [0.29, 0.717) is 0 Å². The summed E-state index contributed by atoms with van der Waals surface area (Å²) >= 11 is 0. The van der Waals surface area contributed by atoms with Crippen LogP contribution in [-0.2, 0) is 0 Å². The van der Waals surface area contributed by atoms with E-state index in [1.807, 2.05) is 0 Å². The number of hydrogen-bond donors (Lipinski definition) is 0. The van der Waals surface area contributed by atoms with E-state index in [1.165, 1.54) is 110 Å². The Labute approximate surface area is 339 Å². The maximum Gasteiger partial charge on any atom is -0.00262 e. The van der Waals surface area contributed by atoms with Gasteiger partial charge in [-0.1, -0.05) is 218 Å². The van der Waals surface area contributed by atoms with Gasteiger partial charge in [-0.3, -0.25) is 0 Å². The van der Waals surface area contributed by atoms with Gasteiger partial charge in [0.05, 0.1) is 0 Å². The van der Waals surface area contributed by atoms with Crippen LogP contribution in [0.3, 0.4) is 0 Å². The molecule has 0 aliphatic rings. The summed E-state index contributed by atoms with van der Waals surface area (Å²) in [6, 6.07) is 84.4. The van der Waals surface area contributed by atoms with Crippen molar-refractivity contribution in [1.29, 1.82) is 0 Å². The first-order valence-electron chi connectivity index (χ1n) is 20.1. The fourth-order valence-corrected chi connectivity index (χ4v) is 8.97. The molecule has 0 heterocycles. The molecule has 0 spiro atoms. The fourth-order valence-electron chi connectivity index (χ4n) is 8.97. The van der Waals surface area contributed by atoms with Gasteiger partial charge in [-0.15, -0.1) is 0 Å². The normalized spacial score (nSPS) is 11.4. The summed E-state index contributed by atoms with van der Waals surface area (Å²) in [5.74, 6) is 0. The van der Waals surface area contributed by atoms with E-state index in [-0.39, 0.29) is 0 Å². The maximum absolute atomic E-state index is 2.37. The Hall–Kier alpha value is -7.54. The third-order valence-corrected chi connectivity index (χ3v) is 11.9. The van der Waals surface area contributed by atoms with E-state index in [0.717, 1.165) is 0 Å². The van der Waals surface area contributed by atoms with Crippen LogP contribution in [0.15, 0.2) is 231 Å². The molecule has 11 aromatic rings. The number of rotatable bonds is 6. The Morgan fingerprint density at radius 1 is 0.172 bits per heavy atom. The molecule has 0 aliphatic carbocycles. The highest BCUT2D eigenvalue weighted by molar-refractivity contribution is 6.22. The zero-order chi connectivity index (χ0) is 38.4. The number of fused-ring (bicyclic) bond motifs is 4. The first kappa shape index (κ1) is 33.8. The molecule has 0 fully saturated rings. The lowest BCUT2D eigenvalue weighted by molar-refractivity contribution is 1.58. The molecule has 0 aliphatic heterocycles. The van der Waals surface area contributed by atoms with Crippen LogP contribution < -0.4 is 0 Å². The van der Waals surface area contributed by atoms with Crippen LogP contribution in [0.2, 0.25) is 0 Å². The third kappa shape index (κ3) is 5.95. The van der Waals surface area contributed by atoms with E-state index >= 15 is 0 Å². The standard InChI is InChI=1S/C58H38/c1-2-12-45(13-3-1)51-20-10-15-49-38-50(35-36-52(49)51)58-55-18-8-6-16-53(55)57(54-17-7-9-19-56(54)58)46-32-29-43(30-33-46)41-23-21-40(22-24-41)42-25-27-44(28-26-42)48-34-31-39-11-4-5-14-47(39)37-48/h1-38H. The van der Waals surface area contributed by atoms with Crippen molar-refractivity contribution in [3.63, 3.8) is 0 Å². The van der Waals surface area contributed by atoms with Crippen molar-refractivity contribution < 1.29 is 0 Å². The molecular weight excluding hydrogens is 697 g/mol. The molecule has 270 valence electrons. The van der Waals surface area contributed by atoms with Crippen molar-refractivity contribution in [1.82, 2.24) is 0 Å². The second-order valence-electron chi connectivity index (χ2n) is 15.2. The van der Waals surface area contributed by atoms with Crippen molar-refractivity contribution in [3.8, 4) is 66.8 Å². The molecule has 11 rings (SSSR count). The number of benzene rings is 11. The van der Waals surface area contributed by atoms with E-state index < -0.39 is 0 Å². The average molecular weight is 735 g/mol. The highest BCUT2D eigenvalue weighted by Crippen LogP contribution is 2.45. The van der Waals surface area contributed by atoms with Gasteiger partial charge in [0, 0.05) is 0 Å².